The summed E-state index contributed by atoms with van der Waals surface area (Å²) in [4.78, 5) is 19.3. The highest BCUT2D eigenvalue weighted by Gasteiger charge is 2.08. The standard InChI is InChI=1S/C17H11ClFN3O2/c18-11-3-6-15(13(19)9-11)24-12-4-1-10(2-5-12)17-21-8-7-14(22-17)16(20)23/h1-9H,(H2,20,23). The quantitative estimate of drug-likeness (QED) is 0.781. The van der Waals surface area contributed by atoms with Gasteiger partial charge in [0.15, 0.2) is 17.4 Å². The summed E-state index contributed by atoms with van der Waals surface area (Å²) in [6, 6.07) is 12.3. The van der Waals surface area contributed by atoms with Gasteiger partial charge in [0.2, 0.25) is 0 Å². The summed E-state index contributed by atoms with van der Waals surface area (Å²) >= 11 is 5.70. The Morgan fingerprint density at radius 2 is 1.88 bits per heavy atom. The van der Waals surface area contributed by atoms with Gasteiger partial charge in [-0.1, -0.05) is 11.6 Å². The van der Waals surface area contributed by atoms with Crippen molar-refractivity contribution in [3.63, 3.8) is 0 Å². The molecule has 1 aromatic heterocycles. The Morgan fingerprint density at radius 3 is 2.54 bits per heavy atom. The van der Waals surface area contributed by atoms with Crippen LogP contribution in [0.5, 0.6) is 11.5 Å². The molecule has 24 heavy (non-hydrogen) atoms. The Balaban J connectivity index is 1.83. The van der Waals surface area contributed by atoms with E-state index < -0.39 is 11.7 Å². The molecule has 0 unspecified atom stereocenters. The number of carbonyl (C=O) groups is 1. The molecular weight excluding hydrogens is 333 g/mol. The van der Waals surface area contributed by atoms with Crippen LogP contribution >= 0.6 is 11.6 Å². The van der Waals surface area contributed by atoms with Crippen LogP contribution in [-0.2, 0) is 0 Å². The minimum atomic E-state index is -0.628. The molecule has 0 aliphatic heterocycles. The first-order valence-corrected chi connectivity index (χ1v) is 7.27. The molecule has 0 aliphatic carbocycles. The van der Waals surface area contributed by atoms with Crippen LogP contribution in [0, 0.1) is 5.82 Å². The maximum Gasteiger partial charge on any atom is 0.267 e. The molecule has 0 atom stereocenters. The van der Waals surface area contributed by atoms with E-state index in [1.807, 2.05) is 0 Å². The van der Waals surface area contributed by atoms with Gasteiger partial charge in [-0.2, -0.15) is 0 Å². The fourth-order valence-corrected chi connectivity index (χ4v) is 2.15. The van der Waals surface area contributed by atoms with Gasteiger partial charge >= 0.3 is 0 Å². The summed E-state index contributed by atoms with van der Waals surface area (Å²) < 4.78 is 19.2. The zero-order valence-electron chi connectivity index (χ0n) is 12.2. The summed E-state index contributed by atoms with van der Waals surface area (Å²) in [5.41, 5.74) is 6.00. The number of ether oxygens (including phenoxy) is 1. The van der Waals surface area contributed by atoms with Crippen LogP contribution in [0.3, 0.4) is 0 Å². The van der Waals surface area contributed by atoms with E-state index in [1.54, 1.807) is 24.3 Å². The maximum absolute atomic E-state index is 13.7. The van der Waals surface area contributed by atoms with Crippen molar-refractivity contribution in [1.29, 1.82) is 0 Å². The number of nitrogens with zero attached hydrogens (tertiary/aromatic N) is 2. The average molecular weight is 344 g/mol. The van der Waals surface area contributed by atoms with Crippen molar-refractivity contribution in [2.45, 2.75) is 0 Å². The number of halogens is 2. The molecule has 120 valence electrons. The molecule has 3 rings (SSSR count). The zero-order valence-corrected chi connectivity index (χ0v) is 13.0. The molecule has 0 spiro atoms. The SMILES string of the molecule is NC(=O)c1ccnc(-c2ccc(Oc3ccc(Cl)cc3F)cc2)n1. The number of benzene rings is 2. The Bertz CT molecular complexity index is 901. The molecule has 0 fully saturated rings. The second-order valence-electron chi connectivity index (χ2n) is 4.83. The van der Waals surface area contributed by atoms with Crippen LogP contribution < -0.4 is 10.5 Å². The summed E-state index contributed by atoms with van der Waals surface area (Å²) in [5, 5.41) is 0.293. The third-order valence-electron chi connectivity index (χ3n) is 3.14. The number of nitrogens with two attached hydrogens (primary N) is 1. The van der Waals surface area contributed by atoms with Crippen molar-refractivity contribution >= 4 is 17.5 Å². The highest BCUT2D eigenvalue weighted by Crippen LogP contribution is 2.28. The predicted octanol–water partition coefficient (Wildman–Crippen LogP) is 3.83. The Hall–Kier alpha value is -2.99. The molecule has 0 bridgehead atoms. The first-order chi connectivity index (χ1) is 11.5. The van der Waals surface area contributed by atoms with Gasteiger partial charge in [0.25, 0.3) is 5.91 Å². The third kappa shape index (κ3) is 3.49. The normalized spacial score (nSPS) is 10.4. The molecule has 0 radical (unpaired) electrons. The van der Waals surface area contributed by atoms with Crippen LogP contribution in [0.4, 0.5) is 4.39 Å². The van der Waals surface area contributed by atoms with Crippen LogP contribution in [0.15, 0.2) is 54.7 Å². The van der Waals surface area contributed by atoms with Gasteiger partial charge in [0.1, 0.15) is 11.4 Å². The van der Waals surface area contributed by atoms with Crippen molar-refractivity contribution in [1.82, 2.24) is 9.97 Å². The van der Waals surface area contributed by atoms with E-state index in [1.165, 1.54) is 30.5 Å². The largest absolute Gasteiger partial charge is 0.454 e. The lowest BCUT2D eigenvalue weighted by Crippen LogP contribution is -2.13. The van der Waals surface area contributed by atoms with Gasteiger partial charge < -0.3 is 10.5 Å². The Labute approximate surface area is 141 Å². The number of primary amides is 1. The van der Waals surface area contributed by atoms with E-state index in [0.29, 0.717) is 22.2 Å². The predicted molar refractivity (Wildman–Crippen MR) is 87.5 cm³/mol. The molecule has 0 saturated carbocycles. The first-order valence-electron chi connectivity index (χ1n) is 6.89. The van der Waals surface area contributed by atoms with Gasteiger partial charge in [0, 0.05) is 16.8 Å². The summed E-state index contributed by atoms with van der Waals surface area (Å²) in [6.07, 6.45) is 1.45. The topological polar surface area (TPSA) is 78.1 Å². The second-order valence-corrected chi connectivity index (χ2v) is 5.27. The molecule has 2 aromatic carbocycles. The fourth-order valence-electron chi connectivity index (χ4n) is 1.99. The van der Waals surface area contributed by atoms with Crippen molar-refractivity contribution < 1.29 is 13.9 Å². The van der Waals surface area contributed by atoms with Gasteiger partial charge in [-0.25, -0.2) is 14.4 Å². The molecule has 7 heteroatoms. The Morgan fingerprint density at radius 1 is 1.12 bits per heavy atom. The number of amides is 1. The highest BCUT2D eigenvalue weighted by atomic mass is 35.5. The van der Waals surface area contributed by atoms with Crippen LogP contribution in [0.25, 0.3) is 11.4 Å². The van der Waals surface area contributed by atoms with E-state index in [4.69, 9.17) is 22.1 Å². The molecule has 5 nitrogen and oxygen atoms in total. The number of rotatable bonds is 4. The van der Waals surface area contributed by atoms with E-state index in [2.05, 4.69) is 9.97 Å². The van der Waals surface area contributed by atoms with E-state index in [-0.39, 0.29) is 11.4 Å². The van der Waals surface area contributed by atoms with Crippen LogP contribution in [0.2, 0.25) is 5.02 Å². The summed E-state index contributed by atoms with van der Waals surface area (Å²) in [5.74, 6) is -0.318. The lowest BCUT2D eigenvalue weighted by molar-refractivity contribution is 0.0995. The lowest BCUT2D eigenvalue weighted by atomic mass is 10.2. The van der Waals surface area contributed by atoms with Crippen LogP contribution in [-0.4, -0.2) is 15.9 Å². The maximum atomic E-state index is 13.7. The first kappa shape index (κ1) is 15.9. The van der Waals surface area contributed by atoms with Gasteiger partial charge in [-0.3, -0.25) is 4.79 Å². The number of hydrogen-bond donors (Lipinski definition) is 1. The fraction of sp³-hybridized carbons (Fsp3) is 0. The van der Waals surface area contributed by atoms with Crippen molar-refractivity contribution in [3.05, 3.63) is 71.3 Å². The molecule has 1 heterocycles. The number of carbonyl (C=O) groups excluding carboxylic acids is 1. The lowest BCUT2D eigenvalue weighted by Gasteiger charge is -2.08. The molecule has 0 aliphatic rings. The highest BCUT2D eigenvalue weighted by molar-refractivity contribution is 6.30. The third-order valence-corrected chi connectivity index (χ3v) is 3.38. The van der Waals surface area contributed by atoms with Crippen LogP contribution in [0.1, 0.15) is 10.5 Å². The van der Waals surface area contributed by atoms with E-state index >= 15 is 0 Å². The summed E-state index contributed by atoms with van der Waals surface area (Å²) in [7, 11) is 0. The second kappa shape index (κ2) is 6.64. The number of aromatic nitrogens is 2. The van der Waals surface area contributed by atoms with Crippen molar-refractivity contribution in [3.8, 4) is 22.9 Å². The average Bonchev–Trinajstić information content (AvgIpc) is 2.58. The molecule has 3 aromatic rings. The minimum Gasteiger partial charge on any atom is -0.454 e. The molecule has 0 saturated heterocycles. The Kier molecular flexibility index (Phi) is 4.39. The smallest absolute Gasteiger partial charge is 0.267 e. The van der Waals surface area contributed by atoms with Crippen molar-refractivity contribution in [2.75, 3.05) is 0 Å². The molecule has 1 amide bonds. The summed E-state index contributed by atoms with van der Waals surface area (Å²) in [6.45, 7) is 0. The monoisotopic (exact) mass is 343 g/mol. The van der Waals surface area contributed by atoms with Gasteiger partial charge in [-0.15, -0.1) is 0 Å². The van der Waals surface area contributed by atoms with Gasteiger partial charge in [0.05, 0.1) is 0 Å². The van der Waals surface area contributed by atoms with Gasteiger partial charge in [-0.05, 0) is 48.5 Å². The molecule has 2 N–H and O–H groups in total. The van der Waals surface area contributed by atoms with Crippen molar-refractivity contribution in [2.24, 2.45) is 5.73 Å². The number of hydrogen-bond acceptors (Lipinski definition) is 4. The zero-order chi connectivity index (χ0) is 17.1. The minimum absolute atomic E-state index is 0.0686. The van der Waals surface area contributed by atoms with E-state index in [0.717, 1.165) is 0 Å². The van der Waals surface area contributed by atoms with E-state index in [9.17, 15) is 9.18 Å². The molecular formula is C17H11ClFN3O2.